The molecule has 116 valence electrons. The second-order valence-electron chi connectivity index (χ2n) is 6.08. The number of anilines is 2. The summed E-state index contributed by atoms with van der Waals surface area (Å²) in [5.74, 6) is 0.262. The van der Waals surface area contributed by atoms with E-state index in [1.54, 1.807) is 0 Å². The van der Waals surface area contributed by atoms with Gasteiger partial charge in [-0.25, -0.2) is 4.79 Å². The van der Waals surface area contributed by atoms with Crippen LogP contribution in [0.2, 0.25) is 0 Å². The van der Waals surface area contributed by atoms with Crippen molar-refractivity contribution in [1.29, 1.82) is 0 Å². The minimum Gasteiger partial charge on any atom is -0.465 e. The molecule has 1 saturated carbocycles. The van der Waals surface area contributed by atoms with Crippen LogP contribution in [0.3, 0.4) is 0 Å². The standard InChI is InChI=1S/C16H24N2O2S/c1-20-16(19)14-13(17)12(11-7-8-11)15(21-14)18-9-5-3-2-4-6-10-18/h11H,2-10,17H2,1H3. The maximum atomic E-state index is 11.9. The summed E-state index contributed by atoms with van der Waals surface area (Å²) in [4.78, 5) is 15.0. The Kier molecular flexibility index (Phi) is 4.38. The largest absolute Gasteiger partial charge is 0.465 e. The van der Waals surface area contributed by atoms with Crippen LogP contribution in [0.5, 0.6) is 0 Å². The number of hydrogen-bond donors (Lipinski definition) is 1. The van der Waals surface area contributed by atoms with Crippen molar-refractivity contribution < 1.29 is 9.53 Å². The fourth-order valence-corrected chi connectivity index (χ4v) is 4.42. The molecule has 0 unspecified atom stereocenters. The lowest BCUT2D eigenvalue weighted by atomic mass is 10.1. The van der Waals surface area contributed by atoms with Crippen LogP contribution in [-0.4, -0.2) is 26.2 Å². The quantitative estimate of drug-likeness (QED) is 0.864. The third kappa shape index (κ3) is 3.03. The van der Waals surface area contributed by atoms with Crippen LogP contribution in [0.4, 0.5) is 10.7 Å². The molecule has 2 heterocycles. The molecule has 0 spiro atoms. The molecule has 1 aromatic rings. The first kappa shape index (κ1) is 14.7. The fourth-order valence-electron chi connectivity index (χ4n) is 3.14. The van der Waals surface area contributed by atoms with Crippen molar-refractivity contribution in [2.75, 3.05) is 30.8 Å². The second-order valence-corrected chi connectivity index (χ2v) is 7.08. The van der Waals surface area contributed by atoms with Crippen molar-refractivity contribution in [2.24, 2.45) is 0 Å². The van der Waals surface area contributed by atoms with E-state index >= 15 is 0 Å². The molecule has 21 heavy (non-hydrogen) atoms. The van der Waals surface area contributed by atoms with E-state index in [1.165, 1.54) is 74.0 Å². The van der Waals surface area contributed by atoms with Gasteiger partial charge in [-0.1, -0.05) is 19.3 Å². The monoisotopic (exact) mass is 308 g/mol. The van der Waals surface area contributed by atoms with Gasteiger partial charge in [0.05, 0.1) is 17.8 Å². The molecule has 3 rings (SSSR count). The topological polar surface area (TPSA) is 55.6 Å². The van der Waals surface area contributed by atoms with Gasteiger partial charge >= 0.3 is 5.97 Å². The van der Waals surface area contributed by atoms with Crippen LogP contribution in [-0.2, 0) is 4.74 Å². The number of ether oxygens (including phenoxy) is 1. The van der Waals surface area contributed by atoms with Crippen molar-refractivity contribution >= 4 is 28.0 Å². The van der Waals surface area contributed by atoms with E-state index in [4.69, 9.17) is 10.5 Å². The molecule has 0 radical (unpaired) electrons. The summed E-state index contributed by atoms with van der Waals surface area (Å²) in [5, 5.41) is 1.23. The number of rotatable bonds is 3. The van der Waals surface area contributed by atoms with Crippen molar-refractivity contribution in [3.8, 4) is 0 Å². The van der Waals surface area contributed by atoms with E-state index in [9.17, 15) is 4.79 Å². The van der Waals surface area contributed by atoms with Gasteiger partial charge in [0.2, 0.25) is 0 Å². The van der Waals surface area contributed by atoms with E-state index in [1.807, 2.05) is 0 Å². The Morgan fingerprint density at radius 2 is 1.81 bits per heavy atom. The Labute approximate surface area is 130 Å². The highest BCUT2D eigenvalue weighted by Gasteiger charge is 2.34. The smallest absolute Gasteiger partial charge is 0.350 e. The van der Waals surface area contributed by atoms with Crippen LogP contribution in [0.15, 0.2) is 0 Å². The zero-order chi connectivity index (χ0) is 14.8. The zero-order valence-corrected chi connectivity index (χ0v) is 13.5. The number of nitrogen functional groups attached to an aromatic ring is 1. The third-order valence-corrected chi connectivity index (χ3v) is 5.73. The molecule has 1 saturated heterocycles. The minimum absolute atomic E-state index is 0.294. The first-order valence-corrected chi connectivity index (χ1v) is 8.79. The molecule has 0 aromatic carbocycles. The average Bonchev–Trinajstić information content (AvgIpc) is 3.22. The minimum atomic E-state index is -0.294. The number of carbonyl (C=O) groups is 1. The Hall–Kier alpha value is -1.23. The van der Waals surface area contributed by atoms with E-state index in [0.29, 0.717) is 16.5 Å². The van der Waals surface area contributed by atoms with Crippen molar-refractivity contribution in [3.63, 3.8) is 0 Å². The maximum absolute atomic E-state index is 11.9. The number of carbonyl (C=O) groups excluding carboxylic acids is 1. The number of methoxy groups -OCH3 is 1. The van der Waals surface area contributed by atoms with Gasteiger partial charge in [0.1, 0.15) is 4.88 Å². The van der Waals surface area contributed by atoms with Gasteiger partial charge in [-0.15, -0.1) is 11.3 Å². The van der Waals surface area contributed by atoms with Gasteiger partial charge in [0.15, 0.2) is 0 Å². The Morgan fingerprint density at radius 3 is 2.38 bits per heavy atom. The Balaban J connectivity index is 1.93. The number of nitrogens with two attached hydrogens (primary N) is 1. The summed E-state index contributed by atoms with van der Waals surface area (Å²) in [7, 11) is 1.42. The molecule has 0 bridgehead atoms. The lowest BCUT2D eigenvalue weighted by molar-refractivity contribution is 0.0607. The molecular formula is C16H24N2O2S. The highest BCUT2D eigenvalue weighted by atomic mass is 32.1. The molecule has 1 aromatic heterocycles. The van der Waals surface area contributed by atoms with Crippen molar-refractivity contribution in [1.82, 2.24) is 0 Å². The van der Waals surface area contributed by atoms with Gasteiger partial charge in [-0.05, 0) is 31.6 Å². The number of thiophene rings is 1. The molecule has 1 aliphatic heterocycles. The molecule has 2 fully saturated rings. The van der Waals surface area contributed by atoms with E-state index in [-0.39, 0.29) is 5.97 Å². The van der Waals surface area contributed by atoms with E-state index in [2.05, 4.69) is 4.90 Å². The SMILES string of the molecule is COC(=O)c1sc(N2CCCCCCC2)c(C2CC2)c1N. The van der Waals surface area contributed by atoms with Crippen molar-refractivity contribution in [3.05, 3.63) is 10.4 Å². The van der Waals surface area contributed by atoms with Crippen LogP contribution in [0, 0.1) is 0 Å². The van der Waals surface area contributed by atoms with Gasteiger partial charge in [0.25, 0.3) is 0 Å². The van der Waals surface area contributed by atoms with E-state index < -0.39 is 0 Å². The summed E-state index contributed by atoms with van der Waals surface area (Å²) >= 11 is 1.54. The first-order valence-electron chi connectivity index (χ1n) is 7.97. The highest BCUT2D eigenvalue weighted by Crippen LogP contribution is 2.52. The first-order chi connectivity index (χ1) is 10.2. The highest BCUT2D eigenvalue weighted by molar-refractivity contribution is 7.18. The van der Waals surface area contributed by atoms with Gasteiger partial charge in [-0.3, -0.25) is 0 Å². The summed E-state index contributed by atoms with van der Waals surface area (Å²) in [5.41, 5.74) is 8.18. The molecule has 4 nitrogen and oxygen atoms in total. The Morgan fingerprint density at radius 1 is 1.19 bits per heavy atom. The summed E-state index contributed by atoms with van der Waals surface area (Å²) in [6, 6.07) is 0. The number of nitrogens with zero attached hydrogens (tertiary/aromatic N) is 1. The molecule has 5 heteroatoms. The summed E-state index contributed by atoms with van der Waals surface area (Å²) in [6.45, 7) is 2.17. The normalized spacial score (nSPS) is 20.0. The average molecular weight is 308 g/mol. The molecular weight excluding hydrogens is 284 g/mol. The summed E-state index contributed by atoms with van der Waals surface area (Å²) < 4.78 is 4.89. The molecule has 0 amide bonds. The predicted molar refractivity (Wildman–Crippen MR) is 87.3 cm³/mol. The molecule has 2 aliphatic rings. The Bertz CT molecular complexity index is 515. The third-order valence-electron chi connectivity index (χ3n) is 4.46. The lowest BCUT2D eigenvalue weighted by Gasteiger charge is -2.26. The van der Waals surface area contributed by atoms with Gasteiger partial charge in [-0.2, -0.15) is 0 Å². The molecule has 2 N–H and O–H groups in total. The van der Waals surface area contributed by atoms with E-state index in [0.717, 1.165) is 13.1 Å². The van der Waals surface area contributed by atoms with Gasteiger partial charge in [0, 0.05) is 18.7 Å². The molecule has 0 atom stereocenters. The maximum Gasteiger partial charge on any atom is 0.350 e. The van der Waals surface area contributed by atoms with Crippen LogP contribution in [0.25, 0.3) is 0 Å². The molecule has 1 aliphatic carbocycles. The second kappa shape index (κ2) is 6.26. The van der Waals surface area contributed by atoms with Crippen LogP contribution >= 0.6 is 11.3 Å². The van der Waals surface area contributed by atoms with Gasteiger partial charge < -0.3 is 15.4 Å². The van der Waals surface area contributed by atoms with Crippen LogP contribution < -0.4 is 10.6 Å². The zero-order valence-electron chi connectivity index (χ0n) is 12.7. The number of esters is 1. The lowest BCUT2D eigenvalue weighted by Crippen LogP contribution is -2.27. The summed E-state index contributed by atoms with van der Waals surface area (Å²) in [6.07, 6.45) is 8.82. The predicted octanol–water partition coefficient (Wildman–Crippen LogP) is 3.76. The number of hydrogen-bond acceptors (Lipinski definition) is 5. The fraction of sp³-hybridized carbons (Fsp3) is 0.688. The van der Waals surface area contributed by atoms with Crippen molar-refractivity contribution in [2.45, 2.75) is 50.9 Å². The van der Waals surface area contributed by atoms with Crippen LogP contribution in [0.1, 0.15) is 66.1 Å².